The summed E-state index contributed by atoms with van der Waals surface area (Å²) in [6.07, 6.45) is 0.474. The summed E-state index contributed by atoms with van der Waals surface area (Å²) in [6.45, 7) is 0.338. The average molecular weight is 389 g/mol. The highest BCUT2D eigenvalue weighted by atomic mass is 19.4. The van der Waals surface area contributed by atoms with Crippen LogP contribution >= 0.6 is 0 Å². The molecule has 6 nitrogen and oxygen atoms in total. The first-order chi connectivity index (χ1) is 13.2. The van der Waals surface area contributed by atoms with Gasteiger partial charge in [-0.15, -0.1) is 0 Å². The molecule has 3 aromatic rings. The van der Waals surface area contributed by atoms with E-state index in [0.717, 1.165) is 17.7 Å². The van der Waals surface area contributed by atoms with Gasteiger partial charge < -0.3 is 10.2 Å². The monoisotopic (exact) mass is 389 g/mol. The molecule has 3 rings (SSSR count). The van der Waals surface area contributed by atoms with Crippen molar-refractivity contribution in [3.8, 4) is 0 Å². The van der Waals surface area contributed by atoms with E-state index < -0.39 is 11.7 Å². The minimum absolute atomic E-state index is 0.185. The Labute approximate surface area is 159 Å². The number of halogens is 3. The number of hydrogen-bond donors (Lipinski definition) is 1. The van der Waals surface area contributed by atoms with Crippen LogP contribution in [-0.2, 0) is 19.8 Å². The highest BCUT2D eigenvalue weighted by Gasteiger charge is 2.30. The van der Waals surface area contributed by atoms with Gasteiger partial charge in [-0.25, -0.2) is 4.98 Å². The Balaban J connectivity index is 1.82. The molecule has 0 aliphatic rings. The number of nitrogens with zero attached hydrogens (tertiary/aromatic N) is 4. The van der Waals surface area contributed by atoms with Crippen LogP contribution in [0.3, 0.4) is 0 Å². The Hall–Kier alpha value is -3.36. The number of amides is 1. The first kappa shape index (κ1) is 19.4. The zero-order valence-corrected chi connectivity index (χ0v) is 15.2. The molecule has 0 fully saturated rings. The average Bonchev–Trinajstić information content (AvgIpc) is 3.06. The molecule has 0 radical (unpaired) electrons. The van der Waals surface area contributed by atoms with Crippen LogP contribution in [0.1, 0.15) is 21.5 Å². The molecule has 0 saturated carbocycles. The Bertz CT molecular complexity index is 983. The normalized spacial score (nSPS) is 11.3. The van der Waals surface area contributed by atoms with E-state index in [1.165, 1.54) is 23.2 Å². The van der Waals surface area contributed by atoms with E-state index in [1.54, 1.807) is 43.3 Å². The first-order valence-electron chi connectivity index (χ1n) is 8.36. The number of anilines is 2. The van der Waals surface area contributed by atoms with Gasteiger partial charge in [0.15, 0.2) is 0 Å². The number of hydrogen-bond acceptors (Lipinski definition) is 4. The molecule has 0 aliphatic heterocycles. The Morgan fingerprint density at radius 1 is 1.25 bits per heavy atom. The predicted molar refractivity (Wildman–Crippen MR) is 98.0 cm³/mol. The zero-order valence-electron chi connectivity index (χ0n) is 15.2. The lowest BCUT2D eigenvalue weighted by atomic mass is 10.1. The van der Waals surface area contributed by atoms with Crippen LogP contribution in [0.2, 0.25) is 0 Å². The SMILES string of the molecule is CN(Cc1cnn(C)c1)C(=O)c1cccnc1Nc1cccc(C(F)(F)F)c1. The van der Waals surface area contributed by atoms with E-state index in [2.05, 4.69) is 15.4 Å². The number of rotatable bonds is 5. The van der Waals surface area contributed by atoms with Crippen molar-refractivity contribution in [2.24, 2.45) is 7.05 Å². The fourth-order valence-electron chi connectivity index (χ4n) is 2.69. The van der Waals surface area contributed by atoms with E-state index in [-0.39, 0.29) is 23.0 Å². The molecule has 9 heteroatoms. The largest absolute Gasteiger partial charge is 0.416 e. The lowest BCUT2D eigenvalue weighted by Gasteiger charge is -2.18. The third-order valence-electron chi connectivity index (χ3n) is 4.02. The summed E-state index contributed by atoms with van der Waals surface area (Å²) in [5.41, 5.74) is 0.522. The van der Waals surface area contributed by atoms with Crippen LogP contribution in [0.15, 0.2) is 55.0 Å². The summed E-state index contributed by atoms with van der Waals surface area (Å²) in [5, 5.41) is 6.88. The van der Waals surface area contributed by atoms with Crippen molar-refractivity contribution in [2.45, 2.75) is 12.7 Å². The maximum absolute atomic E-state index is 12.9. The summed E-state index contributed by atoms with van der Waals surface area (Å²) < 4.78 is 40.4. The highest BCUT2D eigenvalue weighted by Crippen LogP contribution is 2.31. The number of alkyl halides is 3. The number of aromatic nitrogens is 3. The van der Waals surface area contributed by atoms with Crippen LogP contribution in [0, 0.1) is 0 Å². The van der Waals surface area contributed by atoms with Crippen molar-refractivity contribution in [1.82, 2.24) is 19.7 Å². The van der Waals surface area contributed by atoms with Gasteiger partial charge in [-0.2, -0.15) is 18.3 Å². The van der Waals surface area contributed by atoms with Crippen LogP contribution in [0.5, 0.6) is 0 Å². The van der Waals surface area contributed by atoms with Gasteiger partial charge in [0.1, 0.15) is 5.82 Å². The van der Waals surface area contributed by atoms with Gasteiger partial charge in [-0.3, -0.25) is 9.48 Å². The lowest BCUT2D eigenvalue weighted by molar-refractivity contribution is -0.137. The molecule has 0 saturated heterocycles. The maximum atomic E-state index is 12.9. The number of carbonyl (C=O) groups is 1. The minimum atomic E-state index is -4.45. The second kappa shape index (κ2) is 7.71. The molecular weight excluding hydrogens is 371 g/mol. The van der Waals surface area contributed by atoms with Crippen molar-refractivity contribution in [3.05, 3.63) is 71.7 Å². The smallest absolute Gasteiger partial charge is 0.340 e. The van der Waals surface area contributed by atoms with E-state index >= 15 is 0 Å². The molecule has 0 aliphatic carbocycles. The molecule has 0 unspecified atom stereocenters. The number of benzene rings is 1. The second-order valence-electron chi connectivity index (χ2n) is 6.29. The van der Waals surface area contributed by atoms with Gasteiger partial charge in [-0.05, 0) is 30.3 Å². The number of aryl methyl sites for hydroxylation is 1. The number of pyridine rings is 1. The van der Waals surface area contributed by atoms with Crippen molar-refractivity contribution in [2.75, 3.05) is 12.4 Å². The third kappa shape index (κ3) is 4.48. The van der Waals surface area contributed by atoms with Crippen LogP contribution in [0.4, 0.5) is 24.7 Å². The second-order valence-corrected chi connectivity index (χ2v) is 6.29. The van der Waals surface area contributed by atoms with Crippen molar-refractivity contribution in [3.63, 3.8) is 0 Å². The summed E-state index contributed by atoms with van der Waals surface area (Å²) in [7, 11) is 3.42. The van der Waals surface area contributed by atoms with Gasteiger partial charge in [0.2, 0.25) is 0 Å². The fraction of sp³-hybridized carbons (Fsp3) is 0.211. The number of carbonyl (C=O) groups excluding carboxylic acids is 1. The molecule has 0 atom stereocenters. The molecule has 1 aromatic carbocycles. The van der Waals surface area contributed by atoms with Crippen LogP contribution in [-0.4, -0.2) is 32.6 Å². The quantitative estimate of drug-likeness (QED) is 0.720. The molecule has 1 N–H and O–H groups in total. The standard InChI is InChI=1S/C19H18F3N5O/c1-26(11-13-10-24-27(2)12-13)18(28)16-7-4-8-23-17(16)25-15-6-3-5-14(9-15)19(20,21)22/h3-10,12H,11H2,1-2H3,(H,23,25). The van der Waals surface area contributed by atoms with Crippen LogP contribution in [0.25, 0.3) is 0 Å². The van der Waals surface area contributed by atoms with Gasteiger partial charge in [0.05, 0.1) is 17.3 Å². The van der Waals surface area contributed by atoms with Crippen molar-refractivity contribution < 1.29 is 18.0 Å². The van der Waals surface area contributed by atoms with Crippen LogP contribution < -0.4 is 5.32 Å². The van der Waals surface area contributed by atoms with Crippen molar-refractivity contribution >= 4 is 17.4 Å². The highest BCUT2D eigenvalue weighted by molar-refractivity contribution is 5.99. The molecule has 2 aromatic heterocycles. The van der Waals surface area contributed by atoms with Gasteiger partial charge in [0.25, 0.3) is 5.91 Å². The Morgan fingerprint density at radius 3 is 2.71 bits per heavy atom. The summed E-state index contributed by atoms with van der Waals surface area (Å²) in [5.74, 6) is -0.128. The summed E-state index contributed by atoms with van der Waals surface area (Å²) in [6, 6.07) is 7.91. The van der Waals surface area contributed by atoms with Gasteiger partial charge >= 0.3 is 6.18 Å². The molecule has 28 heavy (non-hydrogen) atoms. The van der Waals surface area contributed by atoms with E-state index in [0.29, 0.717) is 6.54 Å². The summed E-state index contributed by atoms with van der Waals surface area (Å²) in [4.78, 5) is 18.4. The zero-order chi connectivity index (χ0) is 20.3. The Morgan fingerprint density at radius 2 is 2.04 bits per heavy atom. The maximum Gasteiger partial charge on any atom is 0.416 e. The summed E-state index contributed by atoms with van der Waals surface area (Å²) >= 11 is 0. The van der Waals surface area contributed by atoms with Crippen molar-refractivity contribution in [1.29, 1.82) is 0 Å². The number of nitrogens with one attached hydrogen (secondary N) is 1. The van der Waals surface area contributed by atoms with Gasteiger partial charge in [-0.1, -0.05) is 6.07 Å². The first-order valence-corrected chi connectivity index (χ1v) is 8.36. The van der Waals surface area contributed by atoms with Gasteiger partial charge in [0, 0.05) is 44.3 Å². The van der Waals surface area contributed by atoms with E-state index in [4.69, 9.17) is 0 Å². The molecule has 1 amide bonds. The topological polar surface area (TPSA) is 63.1 Å². The molecule has 146 valence electrons. The molecule has 0 bridgehead atoms. The minimum Gasteiger partial charge on any atom is -0.340 e. The Kier molecular flexibility index (Phi) is 5.34. The lowest BCUT2D eigenvalue weighted by Crippen LogP contribution is -2.27. The van der Waals surface area contributed by atoms with E-state index in [1.807, 2.05) is 0 Å². The predicted octanol–water partition coefficient (Wildman–Crippen LogP) is 3.85. The molecular formula is C19H18F3N5O. The fourth-order valence-corrected chi connectivity index (χ4v) is 2.69. The third-order valence-corrected chi connectivity index (χ3v) is 4.02. The molecule has 2 heterocycles. The molecule has 0 spiro atoms. The van der Waals surface area contributed by atoms with E-state index in [9.17, 15) is 18.0 Å².